The Morgan fingerprint density at radius 3 is 2.43 bits per heavy atom. The molecule has 23 heavy (non-hydrogen) atoms. The van der Waals surface area contributed by atoms with Gasteiger partial charge in [-0.25, -0.2) is 12.8 Å². The fourth-order valence-electron chi connectivity index (χ4n) is 2.07. The van der Waals surface area contributed by atoms with Gasteiger partial charge in [0.2, 0.25) is 10.0 Å². The minimum atomic E-state index is -4.06. The Kier molecular flexibility index (Phi) is 5.12. The van der Waals surface area contributed by atoms with E-state index in [1.165, 1.54) is 13.0 Å². The van der Waals surface area contributed by atoms with Crippen LogP contribution in [-0.2, 0) is 21.2 Å². The zero-order valence-corrected chi connectivity index (χ0v) is 13.2. The van der Waals surface area contributed by atoms with E-state index in [2.05, 4.69) is 4.72 Å². The molecule has 0 aliphatic heterocycles. The van der Waals surface area contributed by atoms with Gasteiger partial charge in [-0.2, -0.15) is 4.72 Å². The number of carboxylic acid groups (broad SMARTS) is 1. The lowest BCUT2D eigenvalue weighted by atomic mass is 10.1. The van der Waals surface area contributed by atoms with Gasteiger partial charge in [-0.05, 0) is 42.7 Å². The lowest BCUT2D eigenvalue weighted by molar-refractivity contribution is -0.138. The molecule has 2 aromatic rings. The van der Waals surface area contributed by atoms with Crippen LogP contribution in [0.15, 0.2) is 53.4 Å². The van der Waals surface area contributed by atoms with Gasteiger partial charge in [-0.1, -0.05) is 30.3 Å². The summed E-state index contributed by atoms with van der Waals surface area (Å²) in [5, 5.41) is 9.26. The standard InChI is InChI=1S/C16H16FNO4S/c1-11-9-13(7-8-14(11)17)23(21,22)18-15(16(19)20)10-12-5-3-2-4-6-12/h2-9,15,18H,10H2,1H3,(H,19,20). The van der Waals surface area contributed by atoms with Crippen molar-refractivity contribution in [2.75, 3.05) is 0 Å². The number of aliphatic carboxylic acids is 1. The molecule has 122 valence electrons. The fourth-order valence-corrected chi connectivity index (χ4v) is 3.34. The van der Waals surface area contributed by atoms with Gasteiger partial charge in [0, 0.05) is 0 Å². The highest BCUT2D eigenvalue weighted by molar-refractivity contribution is 7.89. The first-order valence-corrected chi connectivity index (χ1v) is 8.33. The summed E-state index contributed by atoms with van der Waals surface area (Å²) >= 11 is 0. The second-order valence-corrected chi connectivity index (χ2v) is 6.83. The number of carboxylic acids is 1. The molecule has 0 aliphatic carbocycles. The zero-order valence-electron chi connectivity index (χ0n) is 12.4. The monoisotopic (exact) mass is 337 g/mol. The third-order valence-corrected chi connectivity index (χ3v) is 4.79. The maximum Gasteiger partial charge on any atom is 0.322 e. The molecule has 1 unspecified atom stereocenters. The summed E-state index contributed by atoms with van der Waals surface area (Å²) in [6, 6.07) is 10.7. The third-order valence-electron chi connectivity index (χ3n) is 3.32. The number of aryl methyl sites for hydroxylation is 1. The van der Waals surface area contributed by atoms with Gasteiger partial charge in [-0.3, -0.25) is 4.79 Å². The minimum Gasteiger partial charge on any atom is -0.480 e. The summed E-state index contributed by atoms with van der Waals surface area (Å²) in [6.45, 7) is 1.44. The minimum absolute atomic E-state index is 0.00950. The Morgan fingerprint density at radius 1 is 1.22 bits per heavy atom. The molecule has 0 fully saturated rings. The van der Waals surface area contributed by atoms with Crippen molar-refractivity contribution >= 4 is 16.0 Å². The molecule has 7 heteroatoms. The van der Waals surface area contributed by atoms with E-state index in [1.54, 1.807) is 30.3 Å². The smallest absolute Gasteiger partial charge is 0.322 e. The highest BCUT2D eigenvalue weighted by Gasteiger charge is 2.26. The number of carbonyl (C=O) groups is 1. The maximum atomic E-state index is 13.3. The molecule has 0 saturated heterocycles. The van der Waals surface area contributed by atoms with Crippen molar-refractivity contribution in [1.82, 2.24) is 4.72 Å². The number of rotatable bonds is 6. The van der Waals surface area contributed by atoms with Gasteiger partial charge in [0.1, 0.15) is 11.9 Å². The van der Waals surface area contributed by atoms with E-state index < -0.39 is 27.9 Å². The quantitative estimate of drug-likeness (QED) is 0.846. The second kappa shape index (κ2) is 6.89. The molecule has 0 heterocycles. The molecule has 0 saturated carbocycles. The largest absolute Gasteiger partial charge is 0.480 e. The molecule has 0 spiro atoms. The molecular formula is C16H16FNO4S. The highest BCUT2D eigenvalue weighted by Crippen LogP contribution is 2.15. The van der Waals surface area contributed by atoms with Crippen LogP contribution in [0.3, 0.4) is 0 Å². The number of hydrogen-bond acceptors (Lipinski definition) is 3. The summed E-state index contributed by atoms with van der Waals surface area (Å²) in [4.78, 5) is 11.2. The van der Waals surface area contributed by atoms with E-state index in [1.807, 2.05) is 0 Å². The van der Waals surface area contributed by atoms with Crippen LogP contribution in [0, 0.1) is 12.7 Å². The number of nitrogens with one attached hydrogen (secondary N) is 1. The Hall–Kier alpha value is -2.25. The van der Waals surface area contributed by atoms with Crippen molar-refractivity contribution in [3.05, 3.63) is 65.5 Å². The molecule has 0 amide bonds. The van der Waals surface area contributed by atoms with E-state index in [9.17, 15) is 22.7 Å². The van der Waals surface area contributed by atoms with Crippen molar-refractivity contribution in [3.63, 3.8) is 0 Å². The normalized spacial score (nSPS) is 12.8. The van der Waals surface area contributed by atoms with Crippen molar-refractivity contribution in [1.29, 1.82) is 0 Å². The van der Waals surface area contributed by atoms with Crippen LogP contribution in [0.1, 0.15) is 11.1 Å². The van der Waals surface area contributed by atoms with E-state index in [-0.39, 0.29) is 16.9 Å². The number of benzene rings is 2. The van der Waals surface area contributed by atoms with Crippen LogP contribution in [0.5, 0.6) is 0 Å². The lowest BCUT2D eigenvalue weighted by Crippen LogP contribution is -2.42. The summed E-state index contributed by atoms with van der Waals surface area (Å²) in [5.41, 5.74) is 0.862. The van der Waals surface area contributed by atoms with Crippen LogP contribution in [-0.4, -0.2) is 25.5 Å². The van der Waals surface area contributed by atoms with E-state index >= 15 is 0 Å². The summed E-state index contributed by atoms with van der Waals surface area (Å²) < 4.78 is 40.0. The van der Waals surface area contributed by atoms with Crippen LogP contribution in [0.25, 0.3) is 0 Å². The second-order valence-electron chi connectivity index (χ2n) is 5.11. The molecule has 0 aliphatic rings. The van der Waals surface area contributed by atoms with Crippen LogP contribution >= 0.6 is 0 Å². The molecule has 2 N–H and O–H groups in total. The Balaban J connectivity index is 2.24. The lowest BCUT2D eigenvalue weighted by Gasteiger charge is -2.15. The molecule has 0 aromatic heterocycles. The van der Waals surface area contributed by atoms with Gasteiger partial charge < -0.3 is 5.11 Å². The number of halogens is 1. The van der Waals surface area contributed by atoms with Gasteiger partial charge in [0.05, 0.1) is 4.90 Å². The number of hydrogen-bond donors (Lipinski definition) is 2. The van der Waals surface area contributed by atoms with Crippen molar-refractivity contribution in [3.8, 4) is 0 Å². The first-order valence-electron chi connectivity index (χ1n) is 6.85. The molecule has 2 aromatic carbocycles. The van der Waals surface area contributed by atoms with Crippen molar-refractivity contribution < 1.29 is 22.7 Å². The van der Waals surface area contributed by atoms with Crippen LogP contribution < -0.4 is 4.72 Å². The maximum absolute atomic E-state index is 13.3. The van der Waals surface area contributed by atoms with Gasteiger partial charge >= 0.3 is 5.97 Å². The molecule has 1 atom stereocenters. The molecule has 0 radical (unpaired) electrons. The predicted octanol–water partition coefficient (Wildman–Crippen LogP) is 2.11. The first-order chi connectivity index (χ1) is 10.8. The Bertz CT molecular complexity index is 806. The van der Waals surface area contributed by atoms with Crippen molar-refractivity contribution in [2.24, 2.45) is 0 Å². The fraction of sp³-hybridized carbons (Fsp3) is 0.188. The predicted molar refractivity (Wildman–Crippen MR) is 83.0 cm³/mol. The van der Waals surface area contributed by atoms with E-state index in [0.29, 0.717) is 5.56 Å². The van der Waals surface area contributed by atoms with Gasteiger partial charge in [0.25, 0.3) is 0 Å². The van der Waals surface area contributed by atoms with Gasteiger partial charge in [-0.15, -0.1) is 0 Å². The number of sulfonamides is 1. The zero-order chi connectivity index (χ0) is 17.0. The van der Waals surface area contributed by atoms with Gasteiger partial charge in [0.15, 0.2) is 0 Å². The van der Waals surface area contributed by atoms with E-state index in [4.69, 9.17) is 0 Å². The average molecular weight is 337 g/mol. The SMILES string of the molecule is Cc1cc(S(=O)(=O)NC(Cc2ccccc2)C(=O)O)ccc1F. The first kappa shape index (κ1) is 17.1. The van der Waals surface area contributed by atoms with Crippen LogP contribution in [0.4, 0.5) is 4.39 Å². The molecule has 5 nitrogen and oxygen atoms in total. The Labute approximate surface area is 133 Å². The molecule has 0 bridgehead atoms. The Morgan fingerprint density at radius 2 is 1.87 bits per heavy atom. The highest BCUT2D eigenvalue weighted by atomic mass is 32.2. The van der Waals surface area contributed by atoms with Crippen LogP contribution in [0.2, 0.25) is 0 Å². The van der Waals surface area contributed by atoms with Crippen molar-refractivity contribution in [2.45, 2.75) is 24.3 Å². The summed E-state index contributed by atoms with van der Waals surface area (Å²) in [5.74, 6) is -1.81. The average Bonchev–Trinajstić information content (AvgIpc) is 2.50. The summed E-state index contributed by atoms with van der Waals surface area (Å²) in [6.07, 6.45) is 0.00950. The van der Waals surface area contributed by atoms with E-state index in [0.717, 1.165) is 12.1 Å². The molecule has 2 rings (SSSR count). The third kappa shape index (κ3) is 4.37. The summed E-state index contributed by atoms with van der Waals surface area (Å²) in [7, 11) is -4.06. The topological polar surface area (TPSA) is 83.5 Å². The molecular weight excluding hydrogens is 321 g/mol.